The van der Waals surface area contributed by atoms with Gasteiger partial charge in [0.05, 0.1) is 24.5 Å². The predicted octanol–water partition coefficient (Wildman–Crippen LogP) is 3.22. The van der Waals surface area contributed by atoms with Gasteiger partial charge in [-0.2, -0.15) is 15.3 Å². The van der Waals surface area contributed by atoms with Crippen molar-refractivity contribution in [3.63, 3.8) is 0 Å². The van der Waals surface area contributed by atoms with E-state index in [4.69, 9.17) is 5.84 Å². The third-order valence-electron chi connectivity index (χ3n) is 4.60. The summed E-state index contributed by atoms with van der Waals surface area (Å²) >= 11 is 0. The number of rotatable bonds is 5. The number of aromatic amines is 1. The lowest BCUT2D eigenvalue weighted by atomic mass is 9.94. The van der Waals surface area contributed by atoms with Crippen LogP contribution in [0.3, 0.4) is 0 Å². The first kappa shape index (κ1) is 17.6. The highest BCUT2D eigenvalue weighted by molar-refractivity contribution is 5.98. The van der Waals surface area contributed by atoms with Crippen LogP contribution in [0.1, 0.15) is 11.1 Å². The molecule has 4 N–H and O–H groups in total. The van der Waals surface area contributed by atoms with Crippen LogP contribution in [-0.4, -0.2) is 33.0 Å². The molecule has 0 aliphatic carbocycles. The molecule has 142 valence electrons. The fourth-order valence-electron chi connectivity index (χ4n) is 3.31. The van der Waals surface area contributed by atoms with Gasteiger partial charge >= 0.3 is 0 Å². The Hall–Kier alpha value is -3.82. The number of hydrogen-bond acceptors (Lipinski definition) is 6. The molecule has 9 nitrogen and oxygen atoms in total. The molecule has 1 aromatic carbocycles. The third-order valence-corrected chi connectivity index (χ3v) is 4.60. The molecule has 0 bridgehead atoms. The van der Waals surface area contributed by atoms with Gasteiger partial charge in [-0.15, -0.1) is 5.11 Å². The van der Waals surface area contributed by atoms with Gasteiger partial charge in [0.2, 0.25) is 0 Å². The van der Waals surface area contributed by atoms with Gasteiger partial charge in [0.1, 0.15) is 17.3 Å². The number of imidazole rings is 1. The average Bonchev–Trinajstić information content (AvgIpc) is 3.34. The van der Waals surface area contributed by atoms with E-state index >= 15 is 4.39 Å². The third kappa shape index (κ3) is 2.84. The molecule has 0 fully saturated rings. The standard InChI is InChI=1S/C18H18FN9/c1-10-16(11-3-4-15-26-14(21-2)8-28(15)7-11)12-5-24-27-18(12)13(17(10)19)6-23-25-9-22-20/h3-5,7-9,21H,6,20H2,1-2H3,(H,24,27). The average molecular weight is 379 g/mol. The summed E-state index contributed by atoms with van der Waals surface area (Å²) in [5.74, 6) is 5.39. The van der Waals surface area contributed by atoms with Crippen LogP contribution in [0.15, 0.2) is 46.1 Å². The van der Waals surface area contributed by atoms with E-state index in [9.17, 15) is 0 Å². The summed E-state index contributed by atoms with van der Waals surface area (Å²) in [6.45, 7) is 1.79. The topological polar surface area (TPSA) is 121 Å². The molecule has 0 aliphatic heterocycles. The van der Waals surface area contributed by atoms with Crippen molar-refractivity contribution >= 4 is 28.7 Å². The van der Waals surface area contributed by atoms with E-state index in [0.717, 1.165) is 34.3 Å². The molecule has 0 radical (unpaired) electrons. The Balaban J connectivity index is 1.88. The normalized spacial score (nSPS) is 12.1. The second-order valence-electron chi connectivity index (χ2n) is 6.19. The summed E-state index contributed by atoms with van der Waals surface area (Å²) in [4.78, 5) is 4.44. The Labute approximate surface area is 159 Å². The molecule has 3 aromatic heterocycles. The largest absolute Gasteiger partial charge is 0.372 e. The molecular weight excluding hydrogens is 361 g/mol. The molecule has 28 heavy (non-hydrogen) atoms. The molecule has 4 aromatic rings. The Morgan fingerprint density at radius 3 is 3.00 bits per heavy atom. The Morgan fingerprint density at radius 1 is 1.36 bits per heavy atom. The second kappa shape index (κ2) is 7.06. The second-order valence-corrected chi connectivity index (χ2v) is 6.19. The number of pyridine rings is 1. The number of nitrogens with two attached hydrogens (primary N) is 1. The highest BCUT2D eigenvalue weighted by Gasteiger charge is 2.20. The minimum absolute atomic E-state index is 0.0454. The van der Waals surface area contributed by atoms with Crippen LogP contribution in [0.2, 0.25) is 0 Å². The number of anilines is 1. The van der Waals surface area contributed by atoms with Crippen LogP contribution in [0.5, 0.6) is 0 Å². The van der Waals surface area contributed by atoms with Crippen LogP contribution in [-0.2, 0) is 6.54 Å². The van der Waals surface area contributed by atoms with E-state index in [1.807, 2.05) is 36.0 Å². The highest BCUT2D eigenvalue weighted by Crippen LogP contribution is 2.36. The zero-order valence-corrected chi connectivity index (χ0v) is 15.3. The van der Waals surface area contributed by atoms with Gasteiger partial charge in [0.15, 0.2) is 6.34 Å². The van der Waals surface area contributed by atoms with Crippen molar-refractivity contribution in [2.24, 2.45) is 21.2 Å². The van der Waals surface area contributed by atoms with Crippen LogP contribution < -0.4 is 11.2 Å². The quantitative estimate of drug-likeness (QED) is 0.162. The van der Waals surface area contributed by atoms with E-state index < -0.39 is 0 Å². The number of nitrogens with one attached hydrogen (secondary N) is 2. The van der Waals surface area contributed by atoms with Gasteiger partial charge in [-0.1, -0.05) is 0 Å². The number of halogens is 1. The zero-order chi connectivity index (χ0) is 19.7. The fraction of sp³-hybridized carbons (Fsp3) is 0.167. The zero-order valence-electron chi connectivity index (χ0n) is 15.3. The maximum atomic E-state index is 15.2. The number of fused-ring (bicyclic) bond motifs is 2. The Bertz CT molecular complexity index is 1220. The lowest BCUT2D eigenvalue weighted by molar-refractivity contribution is 0.603. The number of H-pyrrole nitrogens is 1. The number of hydrogen-bond donors (Lipinski definition) is 3. The van der Waals surface area contributed by atoms with Crippen LogP contribution in [0.25, 0.3) is 27.7 Å². The summed E-state index contributed by atoms with van der Waals surface area (Å²) in [5.41, 5.74) is 3.92. The van der Waals surface area contributed by atoms with Gasteiger partial charge in [0.25, 0.3) is 0 Å². The van der Waals surface area contributed by atoms with Crippen molar-refractivity contribution in [3.8, 4) is 11.1 Å². The predicted molar refractivity (Wildman–Crippen MR) is 106 cm³/mol. The lowest BCUT2D eigenvalue weighted by Gasteiger charge is -2.13. The molecule has 10 heteroatoms. The smallest absolute Gasteiger partial charge is 0.157 e. The number of azo groups is 1. The Kier molecular flexibility index (Phi) is 4.44. The monoisotopic (exact) mass is 379 g/mol. The number of hydrazone groups is 1. The first-order valence-electron chi connectivity index (χ1n) is 8.53. The highest BCUT2D eigenvalue weighted by atomic mass is 19.1. The molecule has 4 rings (SSSR count). The van der Waals surface area contributed by atoms with Crippen LogP contribution in [0, 0.1) is 12.7 Å². The van der Waals surface area contributed by atoms with Crippen LogP contribution >= 0.6 is 0 Å². The van der Waals surface area contributed by atoms with Crippen molar-refractivity contribution < 1.29 is 4.39 Å². The molecule has 0 saturated carbocycles. The Morgan fingerprint density at radius 2 is 2.21 bits per heavy atom. The number of benzene rings is 1. The summed E-state index contributed by atoms with van der Waals surface area (Å²) in [6, 6.07) is 3.82. The molecular formula is C18H18FN9. The molecule has 0 aliphatic rings. The molecule has 3 heterocycles. The van der Waals surface area contributed by atoms with E-state index in [1.54, 1.807) is 13.1 Å². The van der Waals surface area contributed by atoms with Crippen molar-refractivity contribution in [2.45, 2.75) is 13.5 Å². The van der Waals surface area contributed by atoms with E-state index in [0.29, 0.717) is 16.6 Å². The van der Waals surface area contributed by atoms with Crippen molar-refractivity contribution in [3.05, 3.63) is 47.7 Å². The van der Waals surface area contributed by atoms with Gasteiger partial charge < -0.3 is 15.6 Å². The molecule has 0 unspecified atom stereocenters. The van der Waals surface area contributed by atoms with Gasteiger partial charge in [0, 0.05) is 24.2 Å². The van der Waals surface area contributed by atoms with E-state index in [2.05, 4.69) is 35.8 Å². The maximum absolute atomic E-state index is 15.2. The number of nitrogens with zero attached hydrogens (tertiary/aromatic N) is 6. The summed E-state index contributed by atoms with van der Waals surface area (Å²) in [5, 5.41) is 21.6. The van der Waals surface area contributed by atoms with E-state index in [1.165, 1.54) is 0 Å². The number of aromatic nitrogens is 4. The molecule has 0 amide bonds. The SMILES string of the molecule is CNc1cn2cc(-c3c(C)c(F)c(CN=NC=NN)c4[nH]ncc34)ccc2n1. The van der Waals surface area contributed by atoms with Crippen molar-refractivity contribution in [1.29, 1.82) is 0 Å². The maximum Gasteiger partial charge on any atom is 0.157 e. The van der Waals surface area contributed by atoms with Gasteiger partial charge in [-0.05, 0) is 35.7 Å². The fourth-order valence-corrected chi connectivity index (χ4v) is 3.31. The van der Waals surface area contributed by atoms with Crippen molar-refractivity contribution in [2.75, 3.05) is 12.4 Å². The first-order chi connectivity index (χ1) is 13.6. The van der Waals surface area contributed by atoms with Crippen molar-refractivity contribution in [1.82, 2.24) is 19.6 Å². The molecule has 0 saturated heterocycles. The van der Waals surface area contributed by atoms with Gasteiger partial charge in [-0.25, -0.2) is 9.37 Å². The van der Waals surface area contributed by atoms with Crippen LogP contribution in [0.4, 0.5) is 10.2 Å². The molecule has 0 spiro atoms. The first-order valence-corrected chi connectivity index (χ1v) is 8.53. The lowest BCUT2D eigenvalue weighted by Crippen LogP contribution is -1.99. The minimum Gasteiger partial charge on any atom is -0.372 e. The summed E-state index contributed by atoms with van der Waals surface area (Å²) < 4.78 is 17.1. The molecule has 0 atom stereocenters. The van der Waals surface area contributed by atoms with E-state index in [-0.39, 0.29) is 12.4 Å². The summed E-state index contributed by atoms with van der Waals surface area (Å²) in [7, 11) is 1.81. The minimum atomic E-state index is -0.350. The van der Waals surface area contributed by atoms with Gasteiger partial charge in [-0.3, -0.25) is 5.10 Å². The summed E-state index contributed by atoms with van der Waals surface area (Å²) in [6.07, 6.45) is 6.60.